The summed E-state index contributed by atoms with van der Waals surface area (Å²) in [4.78, 5) is 35.5. The highest BCUT2D eigenvalue weighted by molar-refractivity contribution is 7.80. The molecule has 0 heterocycles. The average Bonchev–Trinajstić information content (AvgIpc) is 2.47. The van der Waals surface area contributed by atoms with Crippen molar-refractivity contribution in [2.75, 3.05) is 5.75 Å². The Bertz CT molecular complexity index is 418. The first-order valence-electron chi connectivity index (χ1n) is 7.83. The van der Waals surface area contributed by atoms with Gasteiger partial charge < -0.3 is 21.5 Å². The van der Waals surface area contributed by atoms with Crippen molar-refractivity contribution in [2.24, 2.45) is 17.6 Å². The normalized spacial score (nSPS) is 16.3. The van der Waals surface area contributed by atoms with E-state index in [9.17, 15) is 14.4 Å². The van der Waals surface area contributed by atoms with Crippen LogP contribution in [0.25, 0.3) is 0 Å². The molecule has 0 spiro atoms. The van der Waals surface area contributed by atoms with E-state index >= 15 is 0 Å². The van der Waals surface area contributed by atoms with Gasteiger partial charge in [0.1, 0.15) is 12.1 Å². The Kier molecular flexibility index (Phi) is 9.90. The largest absolute Gasteiger partial charge is 0.480 e. The number of carbonyl (C=O) groups is 3. The second kappa shape index (κ2) is 10.5. The number of carboxylic acids is 1. The molecule has 23 heavy (non-hydrogen) atoms. The van der Waals surface area contributed by atoms with Crippen molar-refractivity contribution in [3.05, 3.63) is 0 Å². The maximum Gasteiger partial charge on any atom is 0.327 e. The molecular weight excluding hydrogens is 318 g/mol. The number of carboxylic acid groups (broad SMARTS) is 1. The Morgan fingerprint density at radius 1 is 1.13 bits per heavy atom. The van der Waals surface area contributed by atoms with Gasteiger partial charge in [-0.3, -0.25) is 9.59 Å². The Labute approximate surface area is 143 Å². The topological polar surface area (TPSA) is 122 Å². The summed E-state index contributed by atoms with van der Waals surface area (Å²) >= 11 is 3.91. The summed E-state index contributed by atoms with van der Waals surface area (Å²) in [6.45, 7) is 7.61. The maximum absolute atomic E-state index is 12.3. The number of rotatable bonds is 10. The second-order valence-electron chi connectivity index (χ2n) is 6.19. The van der Waals surface area contributed by atoms with Crippen LogP contribution in [0.4, 0.5) is 0 Å². The predicted molar refractivity (Wildman–Crippen MR) is 92.2 cm³/mol. The van der Waals surface area contributed by atoms with E-state index in [1.54, 1.807) is 0 Å². The highest BCUT2D eigenvalue weighted by atomic mass is 32.1. The van der Waals surface area contributed by atoms with Crippen molar-refractivity contribution in [3.63, 3.8) is 0 Å². The first-order valence-corrected chi connectivity index (χ1v) is 8.47. The summed E-state index contributed by atoms with van der Waals surface area (Å²) in [6.07, 6.45) is 1.16. The lowest BCUT2D eigenvalue weighted by Crippen LogP contribution is -2.57. The minimum atomic E-state index is -1.17. The molecule has 5 N–H and O–H groups in total. The zero-order valence-corrected chi connectivity index (χ0v) is 15.1. The van der Waals surface area contributed by atoms with Crippen LogP contribution in [0.3, 0.4) is 0 Å². The van der Waals surface area contributed by atoms with Gasteiger partial charge in [0, 0.05) is 5.75 Å². The number of carbonyl (C=O) groups excluding carboxylic acids is 2. The van der Waals surface area contributed by atoms with E-state index in [1.165, 1.54) is 0 Å². The SMILES string of the molecule is CCC(C)C(NC(=O)C(N)CC(C)C)C(=O)NC(CS)C(=O)O. The molecule has 8 heteroatoms. The molecule has 0 saturated heterocycles. The third kappa shape index (κ3) is 7.69. The van der Waals surface area contributed by atoms with Crippen LogP contribution in [0.1, 0.15) is 40.5 Å². The molecule has 2 amide bonds. The molecule has 0 saturated carbocycles. The molecule has 134 valence electrons. The Balaban J connectivity index is 4.97. The smallest absolute Gasteiger partial charge is 0.327 e. The summed E-state index contributed by atoms with van der Waals surface area (Å²) < 4.78 is 0. The zero-order chi connectivity index (χ0) is 18.2. The van der Waals surface area contributed by atoms with Gasteiger partial charge in [-0.1, -0.05) is 34.1 Å². The average molecular weight is 347 g/mol. The van der Waals surface area contributed by atoms with E-state index in [0.29, 0.717) is 12.8 Å². The number of hydrogen-bond donors (Lipinski definition) is 5. The molecule has 4 atom stereocenters. The van der Waals surface area contributed by atoms with Gasteiger partial charge in [0.25, 0.3) is 0 Å². The molecule has 0 aliphatic rings. The number of nitrogens with one attached hydrogen (secondary N) is 2. The molecule has 0 bridgehead atoms. The van der Waals surface area contributed by atoms with E-state index in [2.05, 4.69) is 23.3 Å². The standard InChI is InChI=1S/C15H29N3O4S/c1-5-9(4)12(14(20)17-11(7-23)15(21)22)18-13(19)10(16)6-8(2)3/h8-12,23H,5-7,16H2,1-4H3,(H,17,20)(H,18,19)(H,21,22). The van der Waals surface area contributed by atoms with Crippen molar-refractivity contribution in [2.45, 2.75) is 58.7 Å². The summed E-state index contributed by atoms with van der Waals surface area (Å²) in [5.41, 5.74) is 5.83. The van der Waals surface area contributed by atoms with Crippen molar-refractivity contribution in [1.82, 2.24) is 10.6 Å². The van der Waals surface area contributed by atoms with Gasteiger partial charge in [-0.2, -0.15) is 12.6 Å². The van der Waals surface area contributed by atoms with Gasteiger partial charge in [-0.15, -0.1) is 0 Å². The summed E-state index contributed by atoms with van der Waals surface area (Å²) in [6, 6.07) is -2.62. The summed E-state index contributed by atoms with van der Waals surface area (Å²) in [5, 5.41) is 14.0. The molecule has 4 unspecified atom stereocenters. The fourth-order valence-electron chi connectivity index (χ4n) is 2.02. The molecular formula is C15H29N3O4S. The molecule has 7 nitrogen and oxygen atoms in total. The Morgan fingerprint density at radius 3 is 2.09 bits per heavy atom. The fraction of sp³-hybridized carbons (Fsp3) is 0.800. The van der Waals surface area contributed by atoms with Crippen LogP contribution in [-0.4, -0.2) is 46.8 Å². The molecule has 0 radical (unpaired) electrons. The molecule has 0 aromatic heterocycles. The third-order valence-electron chi connectivity index (χ3n) is 3.65. The lowest BCUT2D eigenvalue weighted by atomic mass is 9.96. The van der Waals surface area contributed by atoms with Crippen molar-refractivity contribution in [1.29, 1.82) is 0 Å². The molecule has 0 aliphatic carbocycles. The van der Waals surface area contributed by atoms with Crippen molar-refractivity contribution in [3.8, 4) is 0 Å². The summed E-state index contributed by atoms with van der Waals surface area (Å²) in [7, 11) is 0. The fourth-order valence-corrected chi connectivity index (χ4v) is 2.27. The van der Waals surface area contributed by atoms with Gasteiger partial charge >= 0.3 is 5.97 Å². The summed E-state index contributed by atoms with van der Waals surface area (Å²) in [5.74, 6) is -2.04. The minimum absolute atomic E-state index is 0.0326. The van der Waals surface area contributed by atoms with Gasteiger partial charge in [0.2, 0.25) is 11.8 Å². The Morgan fingerprint density at radius 2 is 1.70 bits per heavy atom. The van der Waals surface area contributed by atoms with E-state index in [0.717, 1.165) is 0 Å². The van der Waals surface area contributed by atoms with Crippen LogP contribution < -0.4 is 16.4 Å². The number of aliphatic carboxylic acids is 1. The molecule has 0 rings (SSSR count). The van der Waals surface area contributed by atoms with Crippen LogP contribution in [0.15, 0.2) is 0 Å². The molecule has 0 aromatic carbocycles. The number of nitrogens with two attached hydrogens (primary N) is 1. The Hall–Kier alpha value is -1.28. The molecule has 0 fully saturated rings. The minimum Gasteiger partial charge on any atom is -0.480 e. The highest BCUT2D eigenvalue weighted by Crippen LogP contribution is 2.10. The predicted octanol–water partition coefficient (Wildman–Crippen LogP) is 0.390. The zero-order valence-electron chi connectivity index (χ0n) is 14.2. The first-order chi connectivity index (χ1) is 10.6. The second-order valence-corrected chi connectivity index (χ2v) is 6.55. The lowest BCUT2D eigenvalue weighted by molar-refractivity contribution is -0.141. The van der Waals surface area contributed by atoms with Gasteiger partial charge in [-0.05, 0) is 18.3 Å². The monoisotopic (exact) mass is 347 g/mol. The lowest BCUT2D eigenvalue weighted by Gasteiger charge is -2.26. The van der Waals surface area contributed by atoms with Crippen LogP contribution >= 0.6 is 12.6 Å². The van der Waals surface area contributed by atoms with Gasteiger partial charge in [0.05, 0.1) is 6.04 Å². The van der Waals surface area contributed by atoms with Crippen LogP contribution in [0.5, 0.6) is 0 Å². The van der Waals surface area contributed by atoms with Crippen LogP contribution in [0, 0.1) is 11.8 Å². The van der Waals surface area contributed by atoms with Crippen molar-refractivity contribution >= 4 is 30.4 Å². The maximum atomic E-state index is 12.3. The third-order valence-corrected chi connectivity index (χ3v) is 4.02. The van der Waals surface area contributed by atoms with Crippen LogP contribution in [0.2, 0.25) is 0 Å². The van der Waals surface area contributed by atoms with E-state index in [4.69, 9.17) is 10.8 Å². The van der Waals surface area contributed by atoms with Crippen molar-refractivity contribution < 1.29 is 19.5 Å². The number of amides is 2. The van der Waals surface area contributed by atoms with E-state index < -0.39 is 35.9 Å². The van der Waals surface area contributed by atoms with Gasteiger partial charge in [-0.25, -0.2) is 4.79 Å². The number of hydrogen-bond acceptors (Lipinski definition) is 5. The first kappa shape index (κ1) is 21.7. The van der Waals surface area contributed by atoms with Gasteiger partial charge in [0.15, 0.2) is 0 Å². The molecule has 0 aliphatic heterocycles. The van der Waals surface area contributed by atoms with E-state index in [-0.39, 0.29) is 17.6 Å². The highest BCUT2D eigenvalue weighted by Gasteiger charge is 2.30. The van der Waals surface area contributed by atoms with E-state index in [1.807, 2.05) is 27.7 Å². The number of thiol groups is 1. The quantitative estimate of drug-likeness (QED) is 0.366. The molecule has 0 aromatic rings. The van der Waals surface area contributed by atoms with Crippen LogP contribution in [-0.2, 0) is 14.4 Å².